The van der Waals surface area contributed by atoms with E-state index in [1.807, 2.05) is 30.3 Å². The first-order valence-corrected chi connectivity index (χ1v) is 5.90. The second kappa shape index (κ2) is 5.17. The average molecular weight is 234 g/mol. The van der Waals surface area contributed by atoms with Crippen molar-refractivity contribution in [2.75, 3.05) is 0 Å². The van der Waals surface area contributed by atoms with E-state index in [1.54, 1.807) is 4.68 Å². The van der Waals surface area contributed by atoms with Gasteiger partial charge < -0.3 is 0 Å². The molecule has 83 valence electrons. The van der Waals surface area contributed by atoms with Gasteiger partial charge in [-0.05, 0) is 31.0 Å². The first-order valence-electron chi connectivity index (χ1n) is 5.53. The van der Waals surface area contributed by atoms with Crippen LogP contribution in [0.4, 0.5) is 0 Å². The molecular formula is C13H14ClN2. The summed E-state index contributed by atoms with van der Waals surface area (Å²) in [6, 6.07) is 9.59. The highest BCUT2D eigenvalue weighted by Crippen LogP contribution is 2.19. The van der Waals surface area contributed by atoms with Crippen molar-refractivity contribution in [3.05, 3.63) is 47.2 Å². The van der Waals surface area contributed by atoms with Crippen LogP contribution in [0.1, 0.15) is 25.5 Å². The zero-order chi connectivity index (χ0) is 11.4. The van der Waals surface area contributed by atoms with Gasteiger partial charge in [0.2, 0.25) is 0 Å². The Kier molecular flexibility index (Phi) is 3.62. The van der Waals surface area contributed by atoms with Gasteiger partial charge in [0.1, 0.15) is 0 Å². The van der Waals surface area contributed by atoms with Crippen LogP contribution < -0.4 is 0 Å². The third kappa shape index (κ3) is 2.45. The lowest BCUT2D eigenvalue weighted by Crippen LogP contribution is -1.97. The summed E-state index contributed by atoms with van der Waals surface area (Å²) < 4.78 is 1.72. The van der Waals surface area contributed by atoms with Crippen molar-refractivity contribution in [1.29, 1.82) is 0 Å². The van der Waals surface area contributed by atoms with Crippen LogP contribution in [0.15, 0.2) is 30.3 Å². The monoisotopic (exact) mass is 233 g/mol. The molecule has 2 rings (SSSR count). The first kappa shape index (κ1) is 11.2. The summed E-state index contributed by atoms with van der Waals surface area (Å²) in [5.74, 6) is 0. The van der Waals surface area contributed by atoms with Crippen LogP contribution in [0.5, 0.6) is 0 Å². The number of nitrogens with zero attached hydrogens (tertiary/aromatic N) is 2. The summed E-state index contributed by atoms with van der Waals surface area (Å²) >= 11 is 6.09. The molecule has 0 spiro atoms. The number of hydrogen-bond acceptors (Lipinski definition) is 1. The molecule has 0 saturated carbocycles. The Balaban J connectivity index is 2.22. The number of benzene rings is 1. The van der Waals surface area contributed by atoms with Gasteiger partial charge in [-0.25, -0.2) is 4.68 Å². The minimum Gasteiger partial charge on any atom is -0.230 e. The molecule has 16 heavy (non-hydrogen) atoms. The molecule has 0 unspecified atom stereocenters. The van der Waals surface area contributed by atoms with Gasteiger partial charge in [-0.1, -0.05) is 37.1 Å². The SMILES string of the molecule is CCCCc1c[c]n(-c2ccccc2Cl)n1. The molecule has 0 amide bonds. The number of para-hydroxylation sites is 1. The Bertz CT molecular complexity index is 462. The lowest BCUT2D eigenvalue weighted by Gasteiger charge is -2.02. The average Bonchev–Trinajstić information content (AvgIpc) is 2.75. The van der Waals surface area contributed by atoms with Crippen molar-refractivity contribution in [2.45, 2.75) is 26.2 Å². The first-order chi connectivity index (χ1) is 7.81. The zero-order valence-corrected chi connectivity index (χ0v) is 10.0. The smallest absolute Gasteiger partial charge is 0.0930 e. The summed E-state index contributed by atoms with van der Waals surface area (Å²) in [5.41, 5.74) is 1.95. The molecule has 0 aliphatic heterocycles. The molecule has 0 aliphatic rings. The van der Waals surface area contributed by atoms with Gasteiger partial charge in [-0.15, -0.1) is 0 Å². The number of aromatic nitrogens is 2. The number of unbranched alkanes of at least 4 members (excludes halogenated alkanes) is 1. The van der Waals surface area contributed by atoms with E-state index in [0.717, 1.165) is 24.2 Å². The van der Waals surface area contributed by atoms with Gasteiger partial charge >= 0.3 is 0 Å². The maximum Gasteiger partial charge on any atom is 0.0930 e. The second-order valence-corrected chi connectivity index (χ2v) is 4.14. The van der Waals surface area contributed by atoms with Crippen LogP contribution in [0, 0.1) is 6.20 Å². The molecule has 2 nitrogen and oxygen atoms in total. The van der Waals surface area contributed by atoms with Crippen molar-refractivity contribution < 1.29 is 0 Å². The fraction of sp³-hybridized carbons (Fsp3) is 0.308. The molecule has 1 radical (unpaired) electrons. The van der Waals surface area contributed by atoms with Gasteiger partial charge in [0.15, 0.2) is 0 Å². The number of aryl methyl sites for hydroxylation is 1. The van der Waals surface area contributed by atoms with Gasteiger partial charge in [0.25, 0.3) is 0 Å². The normalized spacial score (nSPS) is 10.6. The van der Waals surface area contributed by atoms with E-state index in [-0.39, 0.29) is 0 Å². The van der Waals surface area contributed by atoms with E-state index in [4.69, 9.17) is 11.6 Å². The fourth-order valence-corrected chi connectivity index (χ4v) is 1.76. The summed E-state index contributed by atoms with van der Waals surface area (Å²) in [6.07, 6.45) is 6.44. The Morgan fingerprint density at radius 1 is 1.38 bits per heavy atom. The second-order valence-electron chi connectivity index (χ2n) is 3.73. The topological polar surface area (TPSA) is 17.8 Å². The Hall–Kier alpha value is -1.28. The number of halogens is 1. The largest absolute Gasteiger partial charge is 0.230 e. The maximum absolute atomic E-state index is 6.09. The standard InChI is InChI=1S/C13H14ClN2/c1-2-3-6-11-9-10-16(15-11)13-8-5-4-7-12(13)14/h4-5,7-9H,2-3,6H2,1H3. The van der Waals surface area contributed by atoms with Crippen molar-refractivity contribution in [1.82, 2.24) is 9.78 Å². The molecule has 0 saturated heterocycles. The molecule has 1 heterocycles. The lowest BCUT2D eigenvalue weighted by atomic mass is 10.2. The van der Waals surface area contributed by atoms with Crippen LogP contribution in [-0.4, -0.2) is 9.78 Å². The van der Waals surface area contributed by atoms with E-state index in [9.17, 15) is 0 Å². The van der Waals surface area contributed by atoms with Crippen LogP contribution in [-0.2, 0) is 6.42 Å². The molecule has 0 atom stereocenters. The van der Waals surface area contributed by atoms with E-state index in [2.05, 4.69) is 18.2 Å². The van der Waals surface area contributed by atoms with Gasteiger partial charge in [0, 0.05) is 0 Å². The Morgan fingerprint density at radius 2 is 2.19 bits per heavy atom. The van der Waals surface area contributed by atoms with E-state index in [0.29, 0.717) is 5.02 Å². The molecule has 0 fully saturated rings. The van der Waals surface area contributed by atoms with E-state index in [1.165, 1.54) is 6.42 Å². The Morgan fingerprint density at radius 3 is 2.94 bits per heavy atom. The fourth-order valence-electron chi connectivity index (χ4n) is 1.55. The molecule has 3 heteroatoms. The third-order valence-corrected chi connectivity index (χ3v) is 2.77. The molecule has 1 aromatic heterocycles. The van der Waals surface area contributed by atoms with Crippen LogP contribution in [0.2, 0.25) is 5.02 Å². The van der Waals surface area contributed by atoms with Gasteiger partial charge in [-0.3, -0.25) is 0 Å². The van der Waals surface area contributed by atoms with Crippen molar-refractivity contribution >= 4 is 11.6 Å². The summed E-state index contributed by atoms with van der Waals surface area (Å²) in [4.78, 5) is 0. The van der Waals surface area contributed by atoms with Crippen molar-refractivity contribution in [3.8, 4) is 5.69 Å². The van der Waals surface area contributed by atoms with Crippen LogP contribution in [0.3, 0.4) is 0 Å². The third-order valence-electron chi connectivity index (χ3n) is 2.45. The Labute approximate surface area is 101 Å². The minimum atomic E-state index is 0.698. The molecule has 2 aromatic rings. The highest BCUT2D eigenvalue weighted by Gasteiger charge is 2.04. The van der Waals surface area contributed by atoms with Crippen molar-refractivity contribution in [2.24, 2.45) is 0 Å². The maximum atomic E-state index is 6.09. The molecule has 1 aromatic carbocycles. The molecule has 0 bridgehead atoms. The van der Waals surface area contributed by atoms with Crippen LogP contribution >= 0.6 is 11.6 Å². The van der Waals surface area contributed by atoms with Crippen LogP contribution in [0.25, 0.3) is 5.69 Å². The predicted molar refractivity (Wildman–Crippen MR) is 66.0 cm³/mol. The highest BCUT2D eigenvalue weighted by molar-refractivity contribution is 6.32. The highest BCUT2D eigenvalue weighted by atomic mass is 35.5. The molecule has 0 aliphatic carbocycles. The van der Waals surface area contributed by atoms with E-state index < -0.39 is 0 Å². The van der Waals surface area contributed by atoms with Crippen molar-refractivity contribution in [3.63, 3.8) is 0 Å². The minimum absolute atomic E-state index is 0.698. The summed E-state index contributed by atoms with van der Waals surface area (Å²) in [7, 11) is 0. The lowest BCUT2D eigenvalue weighted by molar-refractivity contribution is 0.751. The molecule has 0 N–H and O–H groups in total. The molecular weight excluding hydrogens is 220 g/mol. The van der Waals surface area contributed by atoms with E-state index >= 15 is 0 Å². The summed E-state index contributed by atoms with van der Waals surface area (Å²) in [5, 5.41) is 5.15. The quantitative estimate of drug-likeness (QED) is 0.788. The predicted octanol–water partition coefficient (Wildman–Crippen LogP) is 3.67. The van der Waals surface area contributed by atoms with Gasteiger partial charge in [-0.2, -0.15) is 5.10 Å². The number of rotatable bonds is 4. The van der Waals surface area contributed by atoms with Gasteiger partial charge in [0.05, 0.1) is 22.6 Å². The number of hydrogen-bond donors (Lipinski definition) is 0. The zero-order valence-electron chi connectivity index (χ0n) is 9.28. The summed E-state index contributed by atoms with van der Waals surface area (Å²) in [6.45, 7) is 2.18.